The molecule has 0 amide bonds. The van der Waals surface area contributed by atoms with E-state index in [-0.39, 0.29) is 0 Å². The third-order valence-corrected chi connectivity index (χ3v) is 6.24. The Morgan fingerprint density at radius 3 is 1.76 bits per heavy atom. The smallest absolute Gasteiger partial charge is 0.187 e. The molecule has 2 rings (SSSR count). The molecule has 11 heteroatoms. The van der Waals surface area contributed by atoms with Gasteiger partial charge in [0.1, 0.15) is 48.8 Å². The summed E-state index contributed by atoms with van der Waals surface area (Å²) in [7, 11) is 0. The SMILES string of the molecule is CCCCCCCCCCOC1O[C@H](CO)[C@@H](O[C@@H]2O[C@H](CO)[C@@H](O)[C@H](O)[C@H]2O)[C@H](O)[C@H]1O. The molecule has 1 unspecified atom stereocenters. The summed E-state index contributed by atoms with van der Waals surface area (Å²) < 4.78 is 22.0. The molecule has 0 aromatic heterocycles. The number of aliphatic hydroxyl groups is 7. The highest BCUT2D eigenvalue weighted by atomic mass is 16.7. The minimum Gasteiger partial charge on any atom is -0.394 e. The predicted molar refractivity (Wildman–Crippen MR) is 115 cm³/mol. The summed E-state index contributed by atoms with van der Waals surface area (Å²) in [5.41, 5.74) is 0. The van der Waals surface area contributed by atoms with Crippen molar-refractivity contribution in [2.24, 2.45) is 0 Å². The van der Waals surface area contributed by atoms with Gasteiger partial charge in [0.25, 0.3) is 0 Å². The van der Waals surface area contributed by atoms with Crippen LogP contribution in [0.5, 0.6) is 0 Å². The van der Waals surface area contributed by atoms with Crippen molar-refractivity contribution in [3.05, 3.63) is 0 Å². The van der Waals surface area contributed by atoms with Crippen molar-refractivity contribution in [2.45, 2.75) is 120 Å². The van der Waals surface area contributed by atoms with Crippen LogP contribution in [0.2, 0.25) is 0 Å². The van der Waals surface area contributed by atoms with E-state index in [1.165, 1.54) is 32.1 Å². The molecule has 2 heterocycles. The van der Waals surface area contributed by atoms with Crippen molar-refractivity contribution in [1.29, 1.82) is 0 Å². The fourth-order valence-corrected chi connectivity index (χ4v) is 4.13. The van der Waals surface area contributed by atoms with Crippen LogP contribution in [0.3, 0.4) is 0 Å². The average molecular weight is 483 g/mol. The zero-order valence-electron chi connectivity index (χ0n) is 19.3. The molecule has 33 heavy (non-hydrogen) atoms. The molecule has 0 spiro atoms. The van der Waals surface area contributed by atoms with E-state index in [9.17, 15) is 35.7 Å². The predicted octanol–water partition coefficient (Wildman–Crippen LogP) is -1.23. The van der Waals surface area contributed by atoms with E-state index < -0.39 is 74.6 Å². The van der Waals surface area contributed by atoms with Gasteiger partial charge in [-0.3, -0.25) is 0 Å². The average Bonchev–Trinajstić information content (AvgIpc) is 2.82. The van der Waals surface area contributed by atoms with E-state index in [0.717, 1.165) is 19.3 Å². The Balaban J connectivity index is 1.82. The summed E-state index contributed by atoms with van der Waals surface area (Å²) in [4.78, 5) is 0. The Hall–Kier alpha value is -0.440. The van der Waals surface area contributed by atoms with Crippen LogP contribution in [0.4, 0.5) is 0 Å². The Bertz CT molecular complexity index is 521. The molecule has 0 saturated carbocycles. The number of hydrogen-bond donors (Lipinski definition) is 7. The van der Waals surface area contributed by atoms with Gasteiger partial charge in [-0.25, -0.2) is 0 Å². The van der Waals surface area contributed by atoms with Gasteiger partial charge in [-0.2, -0.15) is 0 Å². The second kappa shape index (κ2) is 14.8. The standard InChI is InChI=1S/C22H42O11/c1-2-3-4-5-6-7-8-9-10-30-21-19(29)17(27)20(14(12-24)32-21)33-22-18(28)16(26)15(25)13(11-23)31-22/h13-29H,2-12H2,1H3/t13-,14-,15-,16+,17-,18-,19-,20-,21?,22+/m1/s1. The Morgan fingerprint density at radius 1 is 0.606 bits per heavy atom. The van der Waals surface area contributed by atoms with E-state index in [0.29, 0.717) is 6.61 Å². The van der Waals surface area contributed by atoms with Gasteiger partial charge < -0.3 is 54.7 Å². The fourth-order valence-electron chi connectivity index (χ4n) is 4.13. The zero-order valence-corrected chi connectivity index (χ0v) is 19.3. The summed E-state index contributed by atoms with van der Waals surface area (Å²) in [5, 5.41) is 69.9. The van der Waals surface area contributed by atoms with Crippen LogP contribution < -0.4 is 0 Å². The van der Waals surface area contributed by atoms with Crippen molar-refractivity contribution in [2.75, 3.05) is 19.8 Å². The molecular weight excluding hydrogens is 440 g/mol. The molecular formula is C22H42O11. The van der Waals surface area contributed by atoms with E-state index in [2.05, 4.69) is 6.92 Å². The molecule has 11 nitrogen and oxygen atoms in total. The normalized spacial score (nSPS) is 39.6. The minimum atomic E-state index is -1.69. The van der Waals surface area contributed by atoms with Gasteiger partial charge in [0.2, 0.25) is 0 Å². The molecule has 196 valence electrons. The molecule has 0 radical (unpaired) electrons. The lowest BCUT2D eigenvalue weighted by atomic mass is 9.97. The Labute approximate surface area is 194 Å². The van der Waals surface area contributed by atoms with Crippen molar-refractivity contribution in [3.8, 4) is 0 Å². The molecule has 7 N–H and O–H groups in total. The highest BCUT2D eigenvalue weighted by Gasteiger charge is 2.50. The second-order valence-corrected chi connectivity index (χ2v) is 8.85. The summed E-state index contributed by atoms with van der Waals surface area (Å²) in [6.07, 6.45) is -5.35. The molecule has 2 aliphatic heterocycles. The molecule has 0 aliphatic carbocycles. The van der Waals surface area contributed by atoms with E-state index >= 15 is 0 Å². The summed E-state index contributed by atoms with van der Waals surface area (Å²) in [5.74, 6) is 0. The van der Waals surface area contributed by atoms with Crippen LogP contribution in [0.15, 0.2) is 0 Å². The maximum Gasteiger partial charge on any atom is 0.187 e. The van der Waals surface area contributed by atoms with Crippen LogP contribution in [0.25, 0.3) is 0 Å². The number of aliphatic hydroxyl groups excluding tert-OH is 7. The lowest BCUT2D eigenvalue weighted by Gasteiger charge is -2.45. The van der Waals surface area contributed by atoms with E-state index in [4.69, 9.17) is 18.9 Å². The first-order valence-corrected chi connectivity index (χ1v) is 12.1. The van der Waals surface area contributed by atoms with E-state index in [1.807, 2.05) is 0 Å². The third kappa shape index (κ3) is 8.04. The maximum absolute atomic E-state index is 10.6. The van der Waals surface area contributed by atoms with Crippen LogP contribution in [-0.4, -0.2) is 117 Å². The van der Waals surface area contributed by atoms with Gasteiger partial charge in [0.05, 0.1) is 13.2 Å². The van der Waals surface area contributed by atoms with Gasteiger partial charge in [0.15, 0.2) is 12.6 Å². The number of hydrogen-bond acceptors (Lipinski definition) is 11. The molecule has 0 aromatic rings. The Kier molecular flexibility index (Phi) is 13.0. The molecule has 2 saturated heterocycles. The first-order chi connectivity index (χ1) is 15.8. The van der Waals surface area contributed by atoms with Gasteiger partial charge >= 0.3 is 0 Å². The molecule has 10 atom stereocenters. The minimum absolute atomic E-state index is 0.319. The highest BCUT2D eigenvalue weighted by molar-refractivity contribution is 4.94. The molecule has 2 aliphatic rings. The van der Waals surface area contributed by atoms with Crippen LogP contribution in [0.1, 0.15) is 58.3 Å². The van der Waals surface area contributed by atoms with Gasteiger partial charge in [-0.15, -0.1) is 0 Å². The van der Waals surface area contributed by atoms with Gasteiger partial charge in [-0.05, 0) is 6.42 Å². The van der Waals surface area contributed by atoms with Crippen molar-refractivity contribution in [3.63, 3.8) is 0 Å². The number of unbranched alkanes of at least 4 members (excludes halogenated alkanes) is 7. The van der Waals surface area contributed by atoms with Crippen LogP contribution >= 0.6 is 0 Å². The topological polar surface area (TPSA) is 179 Å². The highest BCUT2D eigenvalue weighted by Crippen LogP contribution is 2.29. The zero-order chi connectivity index (χ0) is 24.4. The fraction of sp³-hybridized carbons (Fsp3) is 1.00. The first-order valence-electron chi connectivity index (χ1n) is 12.1. The van der Waals surface area contributed by atoms with Gasteiger partial charge in [-0.1, -0.05) is 51.9 Å². The van der Waals surface area contributed by atoms with Gasteiger partial charge in [0, 0.05) is 6.61 Å². The molecule has 0 aromatic carbocycles. The van der Waals surface area contributed by atoms with Crippen molar-refractivity contribution in [1.82, 2.24) is 0 Å². The van der Waals surface area contributed by atoms with Crippen LogP contribution in [0, 0.1) is 0 Å². The lowest BCUT2D eigenvalue weighted by molar-refractivity contribution is -0.359. The number of ether oxygens (including phenoxy) is 4. The Morgan fingerprint density at radius 2 is 1.15 bits per heavy atom. The largest absolute Gasteiger partial charge is 0.394 e. The molecule has 0 bridgehead atoms. The second-order valence-electron chi connectivity index (χ2n) is 8.85. The quantitative estimate of drug-likeness (QED) is 0.147. The molecule has 2 fully saturated rings. The summed E-state index contributed by atoms with van der Waals surface area (Å²) in [6.45, 7) is 1.28. The summed E-state index contributed by atoms with van der Waals surface area (Å²) >= 11 is 0. The van der Waals surface area contributed by atoms with Crippen molar-refractivity contribution < 1.29 is 54.7 Å². The third-order valence-electron chi connectivity index (χ3n) is 6.24. The van der Waals surface area contributed by atoms with E-state index in [1.54, 1.807) is 0 Å². The first kappa shape index (κ1) is 28.8. The maximum atomic E-state index is 10.6. The number of rotatable bonds is 14. The van der Waals surface area contributed by atoms with Crippen LogP contribution in [-0.2, 0) is 18.9 Å². The summed E-state index contributed by atoms with van der Waals surface area (Å²) in [6, 6.07) is 0. The monoisotopic (exact) mass is 482 g/mol. The van der Waals surface area contributed by atoms with Crippen molar-refractivity contribution >= 4 is 0 Å². The lowest BCUT2D eigenvalue weighted by Crippen LogP contribution is -2.64.